The predicted molar refractivity (Wildman–Crippen MR) is 88.2 cm³/mol. The third-order valence-corrected chi connectivity index (χ3v) is 4.73. The Morgan fingerprint density at radius 3 is 2.14 bits per heavy atom. The Balaban J connectivity index is 3.15. The maximum absolute atomic E-state index is 12.9. The normalized spacial score (nSPS) is 18.6. The van der Waals surface area contributed by atoms with Gasteiger partial charge in [0.2, 0.25) is 7.05 Å². The van der Waals surface area contributed by atoms with Crippen LogP contribution in [0.1, 0.15) is 59.1 Å². The molecule has 0 heterocycles. The monoisotopic (exact) mass is 288 g/mol. The Kier molecular flexibility index (Phi) is 6.60. The Morgan fingerprint density at radius 2 is 1.67 bits per heavy atom. The molecule has 2 radical (unpaired) electrons. The first kappa shape index (κ1) is 17.9. The van der Waals surface area contributed by atoms with E-state index < -0.39 is 0 Å². The first-order valence-corrected chi connectivity index (χ1v) is 8.12. The number of benzene rings is 1. The standard InChI is InChI=1S/C19H30NO/c1-7-15(3)14-20(6,19(21)16(4)8-2)17(5)18-12-10-9-11-13-18/h6,9-13,15-17H,7-8,14H2,1-5H3/q+1/t15-,16-,17+,20-/m0/s1. The first-order valence-electron chi connectivity index (χ1n) is 8.12. The topological polar surface area (TPSA) is 17.1 Å². The third kappa shape index (κ3) is 4.16. The molecule has 4 atom stereocenters. The summed E-state index contributed by atoms with van der Waals surface area (Å²) in [5.41, 5.74) is 1.12. The van der Waals surface area contributed by atoms with Crippen LogP contribution in [-0.2, 0) is 4.79 Å². The second kappa shape index (κ2) is 7.74. The number of quaternary nitrogens is 1. The molecule has 1 aromatic carbocycles. The average Bonchev–Trinajstić information content (AvgIpc) is 2.52. The van der Waals surface area contributed by atoms with Crippen molar-refractivity contribution in [3.05, 3.63) is 42.9 Å². The largest absolute Gasteiger partial charge is 0.317 e. The van der Waals surface area contributed by atoms with Crippen LogP contribution in [0.25, 0.3) is 0 Å². The van der Waals surface area contributed by atoms with Crippen molar-refractivity contribution in [3.63, 3.8) is 0 Å². The molecule has 0 saturated heterocycles. The predicted octanol–water partition coefficient (Wildman–Crippen LogP) is 4.85. The van der Waals surface area contributed by atoms with E-state index in [0.717, 1.165) is 18.4 Å². The molecule has 21 heavy (non-hydrogen) atoms. The van der Waals surface area contributed by atoms with E-state index in [1.807, 2.05) is 32.0 Å². The van der Waals surface area contributed by atoms with Gasteiger partial charge in [0.05, 0.1) is 12.5 Å². The lowest BCUT2D eigenvalue weighted by Crippen LogP contribution is -2.53. The lowest BCUT2D eigenvalue weighted by atomic mass is 9.96. The van der Waals surface area contributed by atoms with Gasteiger partial charge in [-0.1, -0.05) is 51.1 Å². The van der Waals surface area contributed by atoms with E-state index in [9.17, 15) is 4.79 Å². The summed E-state index contributed by atoms with van der Waals surface area (Å²) in [5.74, 6) is 0.563. The zero-order valence-corrected chi connectivity index (χ0v) is 14.2. The van der Waals surface area contributed by atoms with E-state index >= 15 is 0 Å². The summed E-state index contributed by atoms with van der Waals surface area (Å²) < 4.78 is 0.00796. The minimum absolute atomic E-state index is 0.00796. The summed E-state index contributed by atoms with van der Waals surface area (Å²) in [4.78, 5) is 12.9. The molecule has 0 fully saturated rings. The molecule has 1 aromatic rings. The van der Waals surface area contributed by atoms with Gasteiger partial charge < -0.3 is 0 Å². The van der Waals surface area contributed by atoms with Crippen molar-refractivity contribution in [1.29, 1.82) is 0 Å². The highest BCUT2D eigenvalue weighted by Crippen LogP contribution is 2.32. The van der Waals surface area contributed by atoms with Gasteiger partial charge >= 0.3 is 5.91 Å². The Hall–Kier alpha value is -1.15. The van der Waals surface area contributed by atoms with Gasteiger partial charge in [-0.3, -0.25) is 0 Å². The van der Waals surface area contributed by atoms with Crippen LogP contribution in [-0.4, -0.2) is 16.9 Å². The van der Waals surface area contributed by atoms with E-state index in [4.69, 9.17) is 7.05 Å². The smallest absolute Gasteiger partial charge is 0.241 e. The molecule has 0 unspecified atom stereocenters. The first-order chi connectivity index (χ1) is 9.86. The number of amides is 1. The van der Waals surface area contributed by atoms with E-state index in [1.54, 1.807) is 0 Å². The highest BCUT2D eigenvalue weighted by atomic mass is 16.2. The maximum atomic E-state index is 12.9. The molecule has 1 rings (SSSR count). The zero-order valence-electron chi connectivity index (χ0n) is 14.2. The molecule has 0 aliphatic rings. The van der Waals surface area contributed by atoms with Crippen LogP contribution < -0.4 is 0 Å². The van der Waals surface area contributed by atoms with Crippen molar-refractivity contribution in [2.75, 3.05) is 6.54 Å². The third-order valence-electron chi connectivity index (χ3n) is 4.73. The van der Waals surface area contributed by atoms with Gasteiger partial charge in [-0.2, -0.15) is 0 Å². The molecule has 0 bridgehead atoms. The quantitative estimate of drug-likeness (QED) is 0.655. The van der Waals surface area contributed by atoms with Crippen molar-refractivity contribution in [2.45, 2.75) is 53.5 Å². The van der Waals surface area contributed by atoms with Crippen LogP contribution in [0.2, 0.25) is 0 Å². The summed E-state index contributed by atoms with van der Waals surface area (Å²) in [7, 11) is 6.66. The van der Waals surface area contributed by atoms with Gasteiger partial charge in [-0.25, -0.2) is 9.28 Å². The second-order valence-corrected chi connectivity index (χ2v) is 6.36. The van der Waals surface area contributed by atoms with Crippen LogP contribution in [0.4, 0.5) is 0 Å². The molecule has 2 heteroatoms. The summed E-state index contributed by atoms with van der Waals surface area (Å²) >= 11 is 0. The minimum Gasteiger partial charge on any atom is -0.241 e. The highest BCUT2D eigenvalue weighted by Gasteiger charge is 2.42. The molecule has 0 aliphatic carbocycles. The summed E-state index contributed by atoms with van der Waals surface area (Å²) in [6.45, 7) is 11.1. The van der Waals surface area contributed by atoms with Crippen molar-refractivity contribution in [3.8, 4) is 0 Å². The Morgan fingerprint density at radius 1 is 1.10 bits per heavy atom. The average molecular weight is 288 g/mol. The summed E-state index contributed by atoms with van der Waals surface area (Å²) in [5, 5.41) is 0. The van der Waals surface area contributed by atoms with E-state index in [2.05, 4.69) is 32.9 Å². The fourth-order valence-electron chi connectivity index (χ4n) is 2.67. The highest BCUT2D eigenvalue weighted by molar-refractivity contribution is 5.72. The van der Waals surface area contributed by atoms with Crippen LogP contribution in [0.5, 0.6) is 0 Å². The van der Waals surface area contributed by atoms with Gasteiger partial charge in [-0.15, -0.1) is 0 Å². The second-order valence-electron chi connectivity index (χ2n) is 6.36. The van der Waals surface area contributed by atoms with Crippen LogP contribution >= 0.6 is 0 Å². The number of hydrogen-bond donors (Lipinski definition) is 0. The van der Waals surface area contributed by atoms with E-state index in [-0.39, 0.29) is 22.3 Å². The Labute approximate surface area is 130 Å². The van der Waals surface area contributed by atoms with Gasteiger partial charge in [0.15, 0.2) is 0 Å². The number of hydrogen-bond acceptors (Lipinski definition) is 1. The molecule has 116 valence electrons. The molecule has 2 nitrogen and oxygen atoms in total. The van der Waals surface area contributed by atoms with E-state index in [1.165, 1.54) is 0 Å². The molecule has 1 amide bonds. The lowest BCUT2D eigenvalue weighted by molar-refractivity contribution is -0.845. The molecule has 0 aromatic heterocycles. The summed E-state index contributed by atoms with van der Waals surface area (Å²) in [6.07, 6.45) is 1.87. The van der Waals surface area contributed by atoms with Gasteiger partial charge in [0.25, 0.3) is 0 Å². The molecule has 0 N–H and O–H groups in total. The molecule has 0 saturated carbocycles. The van der Waals surface area contributed by atoms with Gasteiger partial charge in [0, 0.05) is 11.5 Å². The fourth-order valence-corrected chi connectivity index (χ4v) is 2.67. The number of nitrogens with zero attached hydrogens (tertiary/aromatic N) is 1. The molecular weight excluding hydrogens is 258 g/mol. The molecular formula is C19H30NO+. The van der Waals surface area contributed by atoms with Gasteiger partial charge in [-0.05, 0) is 26.7 Å². The fraction of sp³-hybridized carbons (Fsp3) is 0.579. The minimum atomic E-state index is -0.0262. The van der Waals surface area contributed by atoms with Crippen LogP contribution in [0, 0.1) is 18.9 Å². The maximum Gasteiger partial charge on any atom is 0.317 e. The van der Waals surface area contributed by atoms with Crippen LogP contribution in [0.15, 0.2) is 30.3 Å². The van der Waals surface area contributed by atoms with Crippen molar-refractivity contribution >= 4 is 5.91 Å². The Bertz CT molecular complexity index is 442. The van der Waals surface area contributed by atoms with Crippen molar-refractivity contribution < 1.29 is 9.28 Å². The number of carbonyl (C=O) groups is 1. The van der Waals surface area contributed by atoms with Crippen LogP contribution in [0.3, 0.4) is 0 Å². The zero-order chi connectivity index (χ0) is 16.0. The number of carbonyl (C=O) groups excluding carboxylic acids is 1. The van der Waals surface area contributed by atoms with Crippen molar-refractivity contribution in [1.82, 2.24) is 0 Å². The molecule has 0 aliphatic heterocycles. The van der Waals surface area contributed by atoms with E-state index in [0.29, 0.717) is 12.5 Å². The van der Waals surface area contributed by atoms with Gasteiger partial charge in [0.1, 0.15) is 6.04 Å². The summed E-state index contributed by atoms with van der Waals surface area (Å²) in [6, 6.07) is 10.1. The SMILES string of the molecule is [CH][N@@+](C[C@@H](C)CC)(C(=O)[C@@H](C)CC)[C@H](C)c1ccccc1. The number of rotatable bonds is 7. The lowest BCUT2D eigenvalue weighted by Gasteiger charge is -2.39. The van der Waals surface area contributed by atoms with Crippen molar-refractivity contribution in [2.24, 2.45) is 11.8 Å². The molecule has 0 spiro atoms.